The largest absolute Gasteiger partial charge is 0.454 e. The molecule has 222 valence electrons. The number of rotatable bonds is 6. The molecule has 1 heterocycles. The fourth-order valence-corrected chi connectivity index (χ4v) is 7.31. The molecule has 2 heteroatoms. The van der Waals surface area contributed by atoms with E-state index in [0.717, 1.165) is 50.1 Å². The lowest BCUT2D eigenvalue weighted by molar-refractivity contribution is 0.660. The third-order valence-corrected chi connectivity index (χ3v) is 9.65. The average molecular weight is 594 g/mol. The molecule has 7 aromatic rings. The van der Waals surface area contributed by atoms with Gasteiger partial charge in [-0.2, -0.15) is 0 Å². The third kappa shape index (κ3) is 4.25. The van der Waals surface area contributed by atoms with E-state index in [0.29, 0.717) is 0 Å². The van der Waals surface area contributed by atoms with Crippen LogP contribution in [-0.4, -0.2) is 0 Å². The maximum absolute atomic E-state index is 6.76. The molecule has 0 saturated heterocycles. The van der Waals surface area contributed by atoms with E-state index in [4.69, 9.17) is 4.42 Å². The number of para-hydroxylation sites is 1. The average Bonchev–Trinajstić information content (AvgIpc) is 3.60. The minimum absolute atomic E-state index is 0.117. The molecule has 1 aliphatic carbocycles. The maximum atomic E-state index is 6.76. The fourth-order valence-electron chi connectivity index (χ4n) is 7.31. The molecular formula is C44H35NO. The molecule has 1 aliphatic rings. The quantitative estimate of drug-likeness (QED) is 0.178. The van der Waals surface area contributed by atoms with Crippen LogP contribution in [0.2, 0.25) is 0 Å². The van der Waals surface area contributed by atoms with Crippen LogP contribution in [0.25, 0.3) is 49.8 Å². The first-order valence-corrected chi connectivity index (χ1v) is 15.9. The second kappa shape index (κ2) is 10.8. The summed E-state index contributed by atoms with van der Waals surface area (Å²) >= 11 is 0. The Hall–Kier alpha value is -5.60. The Bertz CT molecular complexity index is 2300. The molecule has 0 atom stereocenters. The van der Waals surface area contributed by atoms with E-state index in [9.17, 15) is 0 Å². The van der Waals surface area contributed by atoms with E-state index in [1.54, 1.807) is 0 Å². The SMILES string of the molecule is C=C/C(=C\C)c1ccc(N(c2ccc(-c3ccccc3)cc2)c2ccc3c(c2)C(C)(C)c2ccccc2-3)c2oc3ccccc3c12. The fraction of sp³-hybridized carbons (Fsp3) is 0.0909. The Morgan fingerprint density at radius 2 is 1.35 bits per heavy atom. The Balaban J connectivity index is 1.38. The normalized spacial score (nSPS) is 13.5. The van der Waals surface area contributed by atoms with Crippen LogP contribution in [-0.2, 0) is 5.41 Å². The number of fused-ring (bicyclic) bond motifs is 6. The van der Waals surface area contributed by atoms with Gasteiger partial charge in [-0.05, 0) is 87.8 Å². The van der Waals surface area contributed by atoms with Gasteiger partial charge in [-0.15, -0.1) is 0 Å². The lowest BCUT2D eigenvalue weighted by Gasteiger charge is -2.28. The summed E-state index contributed by atoms with van der Waals surface area (Å²) in [4.78, 5) is 2.35. The van der Waals surface area contributed by atoms with Gasteiger partial charge in [-0.25, -0.2) is 0 Å². The van der Waals surface area contributed by atoms with E-state index in [2.05, 4.69) is 166 Å². The van der Waals surface area contributed by atoms with Crippen LogP contribution in [0.1, 0.15) is 37.5 Å². The third-order valence-electron chi connectivity index (χ3n) is 9.65. The van der Waals surface area contributed by atoms with Crippen molar-refractivity contribution in [2.24, 2.45) is 0 Å². The predicted octanol–water partition coefficient (Wildman–Crippen LogP) is 12.6. The molecule has 0 bridgehead atoms. The molecule has 0 unspecified atom stereocenters. The number of furan rings is 1. The molecule has 0 radical (unpaired) electrons. The highest BCUT2D eigenvalue weighted by Gasteiger charge is 2.36. The van der Waals surface area contributed by atoms with Crippen molar-refractivity contribution in [3.8, 4) is 22.3 Å². The van der Waals surface area contributed by atoms with Crippen LogP contribution in [0.3, 0.4) is 0 Å². The van der Waals surface area contributed by atoms with Gasteiger partial charge in [-0.3, -0.25) is 0 Å². The van der Waals surface area contributed by atoms with Crippen molar-refractivity contribution in [1.29, 1.82) is 0 Å². The van der Waals surface area contributed by atoms with Crippen LogP contribution >= 0.6 is 0 Å². The molecule has 0 amide bonds. The number of benzene rings is 6. The lowest BCUT2D eigenvalue weighted by atomic mass is 9.82. The summed E-state index contributed by atoms with van der Waals surface area (Å²) in [7, 11) is 0. The number of anilines is 3. The highest BCUT2D eigenvalue weighted by atomic mass is 16.3. The Kier molecular flexibility index (Phi) is 6.54. The summed E-state index contributed by atoms with van der Waals surface area (Å²) in [6.07, 6.45) is 4.04. The van der Waals surface area contributed by atoms with Gasteiger partial charge >= 0.3 is 0 Å². The van der Waals surface area contributed by atoms with Gasteiger partial charge in [0.2, 0.25) is 0 Å². The molecule has 8 rings (SSSR count). The van der Waals surface area contributed by atoms with Crippen LogP contribution in [0, 0.1) is 0 Å². The van der Waals surface area contributed by atoms with Crippen molar-refractivity contribution < 1.29 is 4.42 Å². The minimum atomic E-state index is -0.117. The van der Waals surface area contributed by atoms with Crippen molar-refractivity contribution in [1.82, 2.24) is 0 Å². The Morgan fingerprint density at radius 1 is 0.674 bits per heavy atom. The zero-order valence-electron chi connectivity index (χ0n) is 26.4. The van der Waals surface area contributed by atoms with Gasteiger partial charge in [-0.1, -0.05) is 130 Å². The Morgan fingerprint density at radius 3 is 2.13 bits per heavy atom. The van der Waals surface area contributed by atoms with Gasteiger partial charge in [0, 0.05) is 27.6 Å². The minimum Gasteiger partial charge on any atom is -0.454 e. The van der Waals surface area contributed by atoms with Crippen molar-refractivity contribution in [2.45, 2.75) is 26.2 Å². The van der Waals surface area contributed by atoms with Crippen molar-refractivity contribution in [2.75, 3.05) is 4.90 Å². The summed E-state index contributed by atoms with van der Waals surface area (Å²) in [6, 6.07) is 47.9. The topological polar surface area (TPSA) is 16.4 Å². The van der Waals surface area contributed by atoms with Gasteiger partial charge in [0.25, 0.3) is 0 Å². The summed E-state index contributed by atoms with van der Waals surface area (Å²) in [5, 5.41) is 2.20. The van der Waals surface area contributed by atoms with Crippen LogP contribution in [0.15, 0.2) is 157 Å². The van der Waals surface area contributed by atoms with E-state index in [-0.39, 0.29) is 5.41 Å². The number of hydrogen-bond acceptors (Lipinski definition) is 2. The Labute approximate surface area is 270 Å². The van der Waals surface area contributed by atoms with Gasteiger partial charge in [0.1, 0.15) is 5.58 Å². The molecule has 0 spiro atoms. The first kappa shape index (κ1) is 27.9. The molecular weight excluding hydrogens is 558 g/mol. The maximum Gasteiger partial charge on any atom is 0.160 e. The number of allylic oxidation sites excluding steroid dienone is 3. The van der Waals surface area contributed by atoms with E-state index >= 15 is 0 Å². The molecule has 0 aliphatic heterocycles. The second-order valence-corrected chi connectivity index (χ2v) is 12.5. The van der Waals surface area contributed by atoms with Crippen LogP contribution in [0.5, 0.6) is 0 Å². The van der Waals surface area contributed by atoms with Crippen molar-refractivity contribution >= 4 is 44.6 Å². The smallest absolute Gasteiger partial charge is 0.160 e. The zero-order chi connectivity index (χ0) is 31.4. The zero-order valence-corrected chi connectivity index (χ0v) is 26.4. The molecule has 6 aromatic carbocycles. The first-order valence-electron chi connectivity index (χ1n) is 15.9. The van der Waals surface area contributed by atoms with Crippen molar-refractivity contribution in [3.05, 3.63) is 169 Å². The molecule has 0 fully saturated rings. The summed E-state index contributed by atoms with van der Waals surface area (Å²) < 4.78 is 6.76. The molecule has 0 saturated carbocycles. The van der Waals surface area contributed by atoms with Crippen LogP contribution < -0.4 is 4.90 Å². The summed E-state index contributed by atoms with van der Waals surface area (Å²) in [6.45, 7) is 10.8. The van der Waals surface area contributed by atoms with E-state index in [1.165, 1.54) is 33.4 Å². The van der Waals surface area contributed by atoms with E-state index < -0.39 is 0 Å². The second-order valence-electron chi connectivity index (χ2n) is 12.5. The summed E-state index contributed by atoms with van der Waals surface area (Å²) in [5.74, 6) is 0. The van der Waals surface area contributed by atoms with Gasteiger partial charge < -0.3 is 9.32 Å². The first-order chi connectivity index (χ1) is 22.5. The van der Waals surface area contributed by atoms with Gasteiger partial charge in [0.05, 0.1) is 5.69 Å². The number of hydrogen-bond donors (Lipinski definition) is 0. The molecule has 0 N–H and O–H groups in total. The lowest BCUT2D eigenvalue weighted by Crippen LogP contribution is -2.16. The molecule has 2 nitrogen and oxygen atoms in total. The number of nitrogens with zero attached hydrogens (tertiary/aromatic N) is 1. The standard InChI is InChI=1S/C44H35NO/c1-5-29(6-2)34-26-27-40(43-42(34)37-17-11-13-19-41(37)46-43)45(32-22-20-31(21-23-32)30-14-8-7-9-15-30)33-24-25-36-35-16-10-12-18-38(35)44(3,4)39(36)28-33/h5-28H,1H2,2-4H3/b29-6+. The molecule has 1 aromatic heterocycles. The highest BCUT2D eigenvalue weighted by Crippen LogP contribution is 2.51. The molecule has 46 heavy (non-hydrogen) atoms. The van der Waals surface area contributed by atoms with Gasteiger partial charge in [0.15, 0.2) is 5.58 Å². The monoisotopic (exact) mass is 593 g/mol. The predicted molar refractivity (Wildman–Crippen MR) is 195 cm³/mol. The highest BCUT2D eigenvalue weighted by molar-refractivity contribution is 6.15. The van der Waals surface area contributed by atoms with E-state index in [1.807, 2.05) is 12.1 Å². The van der Waals surface area contributed by atoms with Crippen LogP contribution in [0.4, 0.5) is 17.1 Å². The summed E-state index contributed by atoms with van der Waals surface area (Å²) in [5.41, 5.74) is 14.7. The van der Waals surface area contributed by atoms with Crippen molar-refractivity contribution in [3.63, 3.8) is 0 Å².